The van der Waals surface area contributed by atoms with Crippen molar-refractivity contribution >= 4 is 0 Å². The highest BCUT2D eigenvalue weighted by Gasteiger charge is 2.38. The molecule has 3 atom stereocenters. The van der Waals surface area contributed by atoms with E-state index in [1.807, 2.05) is 0 Å². The first-order chi connectivity index (χ1) is 9.96. The normalized spacial score (nSPS) is 27.3. The first-order valence-electron chi connectivity index (χ1n) is 9.39. The zero-order valence-corrected chi connectivity index (χ0v) is 15.5. The van der Waals surface area contributed by atoms with Gasteiger partial charge in [0.05, 0.1) is 0 Å². The van der Waals surface area contributed by atoms with Crippen molar-refractivity contribution < 1.29 is 0 Å². The zero-order chi connectivity index (χ0) is 15.9. The standard InChI is InChI=1S/C19H40N2/c1-7-10-11-14-21(6)18-15-16(19(4,5)8-2)12-13-17(18)20-9-3/h16-18,20H,7-15H2,1-6H3. The van der Waals surface area contributed by atoms with Gasteiger partial charge >= 0.3 is 0 Å². The Kier molecular flexibility index (Phi) is 8.26. The van der Waals surface area contributed by atoms with Gasteiger partial charge in [-0.1, -0.05) is 53.9 Å². The lowest BCUT2D eigenvalue weighted by molar-refractivity contribution is 0.0621. The van der Waals surface area contributed by atoms with Crippen molar-refractivity contribution in [3.05, 3.63) is 0 Å². The number of likely N-dealkylation sites (N-methyl/N-ethyl adjacent to an activating group) is 2. The fourth-order valence-electron chi connectivity index (χ4n) is 3.91. The lowest BCUT2D eigenvalue weighted by atomic mass is 9.67. The van der Waals surface area contributed by atoms with E-state index in [1.54, 1.807) is 0 Å². The second kappa shape index (κ2) is 9.15. The number of unbranched alkanes of at least 4 members (excludes halogenated alkanes) is 2. The third-order valence-corrected chi connectivity index (χ3v) is 5.98. The summed E-state index contributed by atoms with van der Waals surface area (Å²) in [4.78, 5) is 2.65. The molecule has 1 N–H and O–H groups in total. The molecule has 1 rings (SSSR count). The third-order valence-electron chi connectivity index (χ3n) is 5.98. The van der Waals surface area contributed by atoms with Gasteiger partial charge in [0.15, 0.2) is 0 Å². The molecule has 0 bridgehead atoms. The summed E-state index contributed by atoms with van der Waals surface area (Å²) in [6.45, 7) is 14.2. The summed E-state index contributed by atoms with van der Waals surface area (Å²) in [7, 11) is 2.35. The molecule has 1 fully saturated rings. The van der Waals surface area contributed by atoms with Crippen LogP contribution in [0.25, 0.3) is 0 Å². The van der Waals surface area contributed by atoms with Crippen molar-refractivity contribution in [2.45, 2.75) is 91.6 Å². The summed E-state index contributed by atoms with van der Waals surface area (Å²) in [5.74, 6) is 0.885. The van der Waals surface area contributed by atoms with E-state index < -0.39 is 0 Å². The van der Waals surface area contributed by atoms with Gasteiger partial charge in [-0.25, -0.2) is 0 Å². The van der Waals surface area contributed by atoms with E-state index in [4.69, 9.17) is 0 Å². The van der Waals surface area contributed by atoms with E-state index in [-0.39, 0.29) is 0 Å². The van der Waals surface area contributed by atoms with Gasteiger partial charge in [0.2, 0.25) is 0 Å². The largest absolute Gasteiger partial charge is 0.313 e. The Labute approximate surface area is 134 Å². The monoisotopic (exact) mass is 296 g/mol. The van der Waals surface area contributed by atoms with Crippen molar-refractivity contribution in [2.75, 3.05) is 20.1 Å². The minimum absolute atomic E-state index is 0.500. The summed E-state index contributed by atoms with van der Waals surface area (Å²) < 4.78 is 0. The predicted molar refractivity (Wildman–Crippen MR) is 94.8 cm³/mol. The van der Waals surface area contributed by atoms with E-state index in [1.165, 1.54) is 51.5 Å². The molecule has 0 aromatic carbocycles. The molecule has 1 aliphatic rings. The molecular formula is C19H40N2. The van der Waals surface area contributed by atoms with Crippen LogP contribution in [-0.2, 0) is 0 Å². The van der Waals surface area contributed by atoms with Crippen LogP contribution in [0.5, 0.6) is 0 Å². The van der Waals surface area contributed by atoms with Crippen molar-refractivity contribution in [3.63, 3.8) is 0 Å². The van der Waals surface area contributed by atoms with Gasteiger partial charge in [0.1, 0.15) is 0 Å². The van der Waals surface area contributed by atoms with E-state index in [9.17, 15) is 0 Å². The average molecular weight is 297 g/mol. The lowest BCUT2D eigenvalue weighted by Crippen LogP contribution is -2.53. The Balaban J connectivity index is 2.67. The summed E-state index contributed by atoms with van der Waals surface area (Å²) in [5, 5.41) is 3.75. The van der Waals surface area contributed by atoms with Crippen LogP contribution in [-0.4, -0.2) is 37.1 Å². The zero-order valence-electron chi connectivity index (χ0n) is 15.5. The fourth-order valence-corrected chi connectivity index (χ4v) is 3.91. The van der Waals surface area contributed by atoms with Gasteiger partial charge in [0, 0.05) is 12.1 Å². The van der Waals surface area contributed by atoms with Crippen LogP contribution in [0.2, 0.25) is 0 Å². The fraction of sp³-hybridized carbons (Fsp3) is 1.00. The highest BCUT2D eigenvalue weighted by Crippen LogP contribution is 2.41. The lowest BCUT2D eigenvalue weighted by Gasteiger charge is -2.46. The number of nitrogens with one attached hydrogen (secondary N) is 1. The maximum Gasteiger partial charge on any atom is 0.0249 e. The third kappa shape index (κ3) is 5.56. The summed E-state index contributed by atoms with van der Waals surface area (Å²) in [5.41, 5.74) is 0.500. The van der Waals surface area contributed by atoms with Crippen molar-refractivity contribution in [2.24, 2.45) is 11.3 Å². The van der Waals surface area contributed by atoms with Crippen LogP contribution < -0.4 is 5.32 Å². The molecule has 2 heteroatoms. The molecular weight excluding hydrogens is 256 g/mol. The maximum atomic E-state index is 3.75. The Hall–Kier alpha value is -0.0800. The van der Waals surface area contributed by atoms with Crippen LogP contribution in [0, 0.1) is 11.3 Å². The molecule has 0 amide bonds. The van der Waals surface area contributed by atoms with Gasteiger partial charge in [-0.3, -0.25) is 0 Å². The first-order valence-corrected chi connectivity index (χ1v) is 9.39. The smallest absolute Gasteiger partial charge is 0.0249 e. The Morgan fingerprint density at radius 3 is 2.38 bits per heavy atom. The Morgan fingerprint density at radius 1 is 1.10 bits per heavy atom. The van der Waals surface area contributed by atoms with E-state index in [0.717, 1.165) is 18.5 Å². The van der Waals surface area contributed by atoms with Crippen molar-refractivity contribution in [3.8, 4) is 0 Å². The van der Waals surface area contributed by atoms with Crippen LogP contribution >= 0.6 is 0 Å². The predicted octanol–water partition coefficient (Wildman–Crippen LogP) is 4.69. The molecule has 126 valence electrons. The van der Waals surface area contributed by atoms with Crippen molar-refractivity contribution in [1.29, 1.82) is 0 Å². The second-order valence-electron chi connectivity index (χ2n) is 7.77. The van der Waals surface area contributed by atoms with Crippen LogP contribution in [0.3, 0.4) is 0 Å². The van der Waals surface area contributed by atoms with Gasteiger partial charge in [-0.15, -0.1) is 0 Å². The minimum Gasteiger partial charge on any atom is -0.313 e. The van der Waals surface area contributed by atoms with Gasteiger partial charge in [0.25, 0.3) is 0 Å². The summed E-state index contributed by atoms with van der Waals surface area (Å²) in [6, 6.07) is 1.43. The summed E-state index contributed by atoms with van der Waals surface area (Å²) in [6.07, 6.45) is 9.47. The van der Waals surface area contributed by atoms with Gasteiger partial charge in [-0.2, -0.15) is 0 Å². The molecule has 0 spiro atoms. The molecule has 0 radical (unpaired) electrons. The topological polar surface area (TPSA) is 15.3 Å². The number of rotatable bonds is 9. The molecule has 0 saturated heterocycles. The molecule has 21 heavy (non-hydrogen) atoms. The number of nitrogens with zero attached hydrogens (tertiary/aromatic N) is 1. The van der Waals surface area contributed by atoms with E-state index in [2.05, 4.69) is 51.9 Å². The molecule has 1 saturated carbocycles. The number of hydrogen-bond donors (Lipinski definition) is 1. The second-order valence-corrected chi connectivity index (χ2v) is 7.77. The number of hydrogen-bond acceptors (Lipinski definition) is 2. The summed E-state index contributed by atoms with van der Waals surface area (Å²) >= 11 is 0. The minimum atomic E-state index is 0.500. The van der Waals surface area contributed by atoms with Gasteiger partial charge in [-0.05, 0) is 57.2 Å². The van der Waals surface area contributed by atoms with Gasteiger partial charge < -0.3 is 10.2 Å². The molecule has 0 aromatic rings. The van der Waals surface area contributed by atoms with E-state index >= 15 is 0 Å². The average Bonchev–Trinajstić information content (AvgIpc) is 2.48. The Bertz CT molecular complexity index is 275. The molecule has 2 nitrogen and oxygen atoms in total. The molecule has 1 aliphatic carbocycles. The van der Waals surface area contributed by atoms with Crippen LogP contribution in [0.15, 0.2) is 0 Å². The van der Waals surface area contributed by atoms with Crippen molar-refractivity contribution in [1.82, 2.24) is 10.2 Å². The maximum absolute atomic E-state index is 3.75. The van der Waals surface area contributed by atoms with Crippen LogP contribution in [0.1, 0.15) is 79.6 Å². The molecule has 0 aliphatic heterocycles. The quantitative estimate of drug-likeness (QED) is 0.621. The molecule has 0 aromatic heterocycles. The molecule has 0 heterocycles. The highest BCUT2D eigenvalue weighted by molar-refractivity contribution is 4.94. The Morgan fingerprint density at radius 2 is 1.81 bits per heavy atom. The first kappa shape index (κ1) is 19.0. The molecule has 3 unspecified atom stereocenters. The SMILES string of the molecule is CCCCCN(C)C1CC(C(C)(C)CC)CCC1NCC. The highest BCUT2D eigenvalue weighted by atomic mass is 15.2. The van der Waals surface area contributed by atoms with E-state index in [0.29, 0.717) is 11.5 Å². The van der Waals surface area contributed by atoms with Crippen LogP contribution in [0.4, 0.5) is 0 Å².